The highest BCUT2D eigenvalue weighted by Gasteiger charge is 2.18. The molecule has 0 aliphatic rings. The highest BCUT2D eigenvalue weighted by molar-refractivity contribution is 5.94. The number of carbonyl (C=O) groups is 1. The molecule has 0 radical (unpaired) electrons. The van der Waals surface area contributed by atoms with Crippen LogP contribution in [-0.4, -0.2) is 32.3 Å². The van der Waals surface area contributed by atoms with Crippen LogP contribution >= 0.6 is 0 Å². The number of aromatic nitrogens is 4. The molecule has 0 spiro atoms. The van der Waals surface area contributed by atoms with E-state index in [4.69, 9.17) is 4.74 Å². The summed E-state index contributed by atoms with van der Waals surface area (Å²) >= 11 is 0. The maximum Gasteiger partial charge on any atom is 0.275 e. The Labute approximate surface area is 168 Å². The largest absolute Gasteiger partial charge is 0.493 e. The fraction of sp³-hybridized carbons (Fsp3) is 0.136. The van der Waals surface area contributed by atoms with Crippen LogP contribution in [0.2, 0.25) is 0 Å². The Kier molecular flexibility index (Phi) is 5.38. The molecule has 0 fully saturated rings. The molecular weight excluding hydrogens is 366 g/mol. The third kappa shape index (κ3) is 4.35. The van der Waals surface area contributed by atoms with Crippen molar-refractivity contribution < 1.29 is 9.53 Å². The standard InChI is InChI=1S/C22H21N5O2/c1-29-20-15-27(19-5-3-2-4-6-19)25-21(20)22(28)24-13-17-7-9-18(10-8-17)14-26-12-11-23-16-26/h2-12,15-16H,13-14H2,1H3,(H,24,28). The molecule has 1 amide bonds. The summed E-state index contributed by atoms with van der Waals surface area (Å²) in [6.07, 6.45) is 7.18. The zero-order valence-electron chi connectivity index (χ0n) is 16.0. The van der Waals surface area contributed by atoms with Crippen molar-refractivity contribution >= 4 is 5.91 Å². The van der Waals surface area contributed by atoms with Gasteiger partial charge in [0.15, 0.2) is 11.4 Å². The Hall–Kier alpha value is -3.87. The van der Waals surface area contributed by atoms with Crippen LogP contribution in [0, 0.1) is 0 Å². The third-order valence-corrected chi connectivity index (χ3v) is 4.54. The first-order valence-electron chi connectivity index (χ1n) is 9.24. The van der Waals surface area contributed by atoms with Gasteiger partial charge in [0.25, 0.3) is 5.91 Å². The van der Waals surface area contributed by atoms with E-state index < -0.39 is 0 Å². The molecule has 4 rings (SSSR count). The van der Waals surface area contributed by atoms with Gasteiger partial charge in [0.2, 0.25) is 0 Å². The van der Waals surface area contributed by atoms with Crippen LogP contribution < -0.4 is 10.1 Å². The van der Waals surface area contributed by atoms with Crippen LogP contribution in [0.4, 0.5) is 0 Å². The summed E-state index contributed by atoms with van der Waals surface area (Å²) in [5.74, 6) is 0.154. The second-order valence-corrected chi connectivity index (χ2v) is 6.56. The van der Waals surface area contributed by atoms with Gasteiger partial charge in [-0.2, -0.15) is 5.10 Å². The number of carbonyl (C=O) groups excluding carboxylic acids is 1. The molecule has 0 unspecified atom stereocenters. The first kappa shape index (κ1) is 18.5. The van der Waals surface area contributed by atoms with Gasteiger partial charge in [0, 0.05) is 25.5 Å². The average molecular weight is 387 g/mol. The summed E-state index contributed by atoms with van der Waals surface area (Å²) in [6, 6.07) is 17.7. The molecule has 0 aliphatic carbocycles. The van der Waals surface area contributed by atoms with Gasteiger partial charge in [0.1, 0.15) is 0 Å². The van der Waals surface area contributed by atoms with E-state index in [0.29, 0.717) is 12.3 Å². The predicted octanol–water partition coefficient (Wildman–Crippen LogP) is 3.06. The number of methoxy groups -OCH3 is 1. The summed E-state index contributed by atoms with van der Waals surface area (Å²) < 4.78 is 8.98. The molecule has 0 atom stereocenters. The first-order chi connectivity index (χ1) is 14.2. The van der Waals surface area contributed by atoms with Gasteiger partial charge in [-0.05, 0) is 23.3 Å². The predicted molar refractivity (Wildman–Crippen MR) is 109 cm³/mol. The van der Waals surface area contributed by atoms with E-state index in [-0.39, 0.29) is 11.6 Å². The van der Waals surface area contributed by atoms with E-state index in [9.17, 15) is 4.79 Å². The van der Waals surface area contributed by atoms with Gasteiger partial charge in [-0.15, -0.1) is 0 Å². The van der Waals surface area contributed by atoms with Crippen molar-refractivity contribution in [2.75, 3.05) is 7.11 Å². The maximum absolute atomic E-state index is 12.6. The summed E-state index contributed by atoms with van der Waals surface area (Å²) in [5.41, 5.74) is 3.29. The Morgan fingerprint density at radius 2 is 1.83 bits per heavy atom. The van der Waals surface area contributed by atoms with Crippen molar-refractivity contribution in [3.8, 4) is 11.4 Å². The number of benzene rings is 2. The van der Waals surface area contributed by atoms with Gasteiger partial charge in [-0.1, -0.05) is 42.5 Å². The van der Waals surface area contributed by atoms with Crippen molar-refractivity contribution in [1.82, 2.24) is 24.6 Å². The third-order valence-electron chi connectivity index (χ3n) is 4.54. The highest BCUT2D eigenvalue weighted by atomic mass is 16.5. The summed E-state index contributed by atoms with van der Waals surface area (Å²) in [7, 11) is 1.53. The zero-order valence-corrected chi connectivity index (χ0v) is 16.0. The fourth-order valence-electron chi connectivity index (χ4n) is 3.00. The molecule has 7 nitrogen and oxygen atoms in total. The molecule has 146 valence electrons. The summed E-state index contributed by atoms with van der Waals surface area (Å²) in [4.78, 5) is 16.7. The van der Waals surface area contributed by atoms with Crippen molar-refractivity contribution in [2.45, 2.75) is 13.1 Å². The average Bonchev–Trinajstić information content (AvgIpc) is 3.43. The lowest BCUT2D eigenvalue weighted by molar-refractivity contribution is 0.0942. The van der Waals surface area contributed by atoms with Gasteiger partial charge in [0.05, 0.1) is 25.3 Å². The van der Waals surface area contributed by atoms with Crippen LogP contribution in [0.1, 0.15) is 21.6 Å². The highest BCUT2D eigenvalue weighted by Crippen LogP contribution is 2.19. The second-order valence-electron chi connectivity index (χ2n) is 6.56. The van der Waals surface area contributed by atoms with Crippen molar-refractivity contribution in [3.05, 3.63) is 96.3 Å². The quantitative estimate of drug-likeness (QED) is 0.529. The van der Waals surface area contributed by atoms with Crippen LogP contribution in [0.25, 0.3) is 5.69 Å². The van der Waals surface area contributed by atoms with Gasteiger partial charge in [-0.3, -0.25) is 4.79 Å². The van der Waals surface area contributed by atoms with Crippen LogP contribution in [0.15, 0.2) is 79.5 Å². The normalized spacial score (nSPS) is 10.7. The topological polar surface area (TPSA) is 74.0 Å². The van der Waals surface area contributed by atoms with E-state index in [1.54, 1.807) is 23.4 Å². The monoisotopic (exact) mass is 387 g/mol. The SMILES string of the molecule is COc1cn(-c2ccccc2)nc1C(=O)NCc1ccc(Cn2ccnc2)cc1. The molecule has 0 saturated carbocycles. The number of nitrogens with one attached hydrogen (secondary N) is 1. The van der Waals surface area contributed by atoms with E-state index in [0.717, 1.165) is 17.8 Å². The Bertz CT molecular complexity index is 1070. The molecule has 0 aliphatic heterocycles. The van der Waals surface area contributed by atoms with Gasteiger partial charge >= 0.3 is 0 Å². The van der Waals surface area contributed by atoms with Crippen molar-refractivity contribution in [1.29, 1.82) is 0 Å². The van der Waals surface area contributed by atoms with Crippen LogP contribution in [0.5, 0.6) is 5.75 Å². The second kappa shape index (κ2) is 8.43. The molecule has 1 N–H and O–H groups in total. The van der Waals surface area contributed by atoms with Crippen LogP contribution in [0.3, 0.4) is 0 Å². The lowest BCUT2D eigenvalue weighted by Crippen LogP contribution is -2.24. The molecule has 29 heavy (non-hydrogen) atoms. The number of hydrogen-bond donors (Lipinski definition) is 1. The molecule has 2 aromatic heterocycles. The number of ether oxygens (including phenoxy) is 1. The van der Waals surface area contributed by atoms with Gasteiger partial charge in [-0.25, -0.2) is 9.67 Å². The molecular formula is C22H21N5O2. The maximum atomic E-state index is 12.6. The Balaban J connectivity index is 1.41. The van der Waals surface area contributed by atoms with E-state index in [1.165, 1.54) is 12.7 Å². The smallest absolute Gasteiger partial charge is 0.275 e. The van der Waals surface area contributed by atoms with Crippen LogP contribution in [-0.2, 0) is 13.1 Å². The molecule has 0 saturated heterocycles. The summed E-state index contributed by atoms with van der Waals surface area (Å²) in [6.45, 7) is 1.17. The van der Waals surface area contributed by atoms with E-state index in [2.05, 4.69) is 15.4 Å². The number of nitrogens with zero attached hydrogens (tertiary/aromatic N) is 4. The molecule has 7 heteroatoms. The minimum absolute atomic E-state index is 0.257. The Morgan fingerprint density at radius 3 is 2.52 bits per heavy atom. The van der Waals surface area contributed by atoms with Gasteiger partial charge < -0.3 is 14.6 Å². The Morgan fingerprint density at radius 1 is 1.07 bits per heavy atom. The fourth-order valence-corrected chi connectivity index (χ4v) is 3.00. The van der Waals surface area contributed by atoms with Crippen molar-refractivity contribution in [3.63, 3.8) is 0 Å². The first-order valence-corrected chi connectivity index (χ1v) is 9.24. The molecule has 2 heterocycles. The molecule has 0 bridgehead atoms. The van der Waals surface area contributed by atoms with E-state index in [1.807, 2.05) is 65.4 Å². The summed E-state index contributed by atoms with van der Waals surface area (Å²) in [5, 5.41) is 7.30. The number of hydrogen-bond acceptors (Lipinski definition) is 4. The minimum Gasteiger partial charge on any atom is -0.493 e. The zero-order chi connectivity index (χ0) is 20.1. The lowest BCUT2D eigenvalue weighted by atomic mass is 10.1. The number of para-hydroxylation sites is 1. The van der Waals surface area contributed by atoms with Crippen molar-refractivity contribution in [2.24, 2.45) is 0 Å². The molecule has 4 aromatic rings. The number of imidazole rings is 1. The minimum atomic E-state index is -0.279. The lowest BCUT2D eigenvalue weighted by Gasteiger charge is -2.07. The molecule has 2 aromatic carbocycles. The van der Waals surface area contributed by atoms with E-state index >= 15 is 0 Å². The number of amides is 1. The number of rotatable bonds is 7.